The molecule has 1 unspecified atom stereocenters. The highest BCUT2D eigenvalue weighted by atomic mass is 16.4. The summed E-state index contributed by atoms with van der Waals surface area (Å²) >= 11 is 0. The molecule has 1 aromatic carbocycles. The largest absolute Gasteiger partial charge is 0.480 e. The molecule has 0 fully saturated rings. The van der Waals surface area contributed by atoms with Crippen molar-refractivity contribution in [3.63, 3.8) is 0 Å². The SMILES string of the molecule is CCCCN(CCCC)CCCC.NC(Cc1ccccc1)C(=O)O. The first kappa shape index (κ1) is 23.6. The highest BCUT2D eigenvalue weighted by molar-refractivity contribution is 5.73. The van der Waals surface area contributed by atoms with Gasteiger partial charge in [0.2, 0.25) is 0 Å². The molecule has 4 nitrogen and oxygen atoms in total. The van der Waals surface area contributed by atoms with Crippen molar-refractivity contribution in [2.24, 2.45) is 5.73 Å². The topological polar surface area (TPSA) is 66.6 Å². The fourth-order valence-electron chi connectivity index (χ4n) is 2.44. The summed E-state index contributed by atoms with van der Waals surface area (Å²) in [5.74, 6) is -0.959. The number of nitrogens with two attached hydrogens (primary N) is 1. The molecule has 0 radical (unpaired) electrons. The number of carbonyl (C=O) groups is 1. The van der Waals surface area contributed by atoms with Gasteiger partial charge in [0.05, 0.1) is 0 Å². The number of rotatable bonds is 12. The minimum Gasteiger partial charge on any atom is -0.480 e. The van der Waals surface area contributed by atoms with Crippen molar-refractivity contribution in [3.05, 3.63) is 35.9 Å². The first-order valence-electron chi connectivity index (χ1n) is 9.79. The van der Waals surface area contributed by atoms with E-state index in [-0.39, 0.29) is 0 Å². The molecule has 0 aliphatic carbocycles. The Morgan fingerprint density at radius 2 is 1.40 bits per heavy atom. The van der Waals surface area contributed by atoms with Crippen molar-refractivity contribution >= 4 is 5.97 Å². The van der Waals surface area contributed by atoms with E-state index in [1.807, 2.05) is 30.3 Å². The number of carboxylic acids is 1. The second kappa shape index (κ2) is 16.1. The van der Waals surface area contributed by atoms with Crippen LogP contribution in [-0.2, 0) is 11.2 Å². The van der Waals surface area contributed by atoms with Crippen LogP contribution in [0.4, 0.5) is 0 Å². The summed E-state index contributed by atoms with van der Waals surface area (Å²) in [5, 5.41) is 8.52. The minimum absolute atomic E-state index is 0.385. The van der Waals surface area contributed by atoms with Crippen LogP contribution in [0.3, 0.4) is 0 Å². The van der Waals surface area contributed by atoms with Crippen LogP contribution in [0.2, 0.25) is 0 Å². The number of hydrogen-bond donors (Lipinski definition) is 2. The molecule has 0 bridgehead atoms. The molecule has 144 valence electrons. The lowest BCUT2D eigenvalue weighted by molar-refractivity contribution is -0.138. The quantitative estimate of drug-likeness (QED) is 0.589. The normalized spacial score (nSPS) is 11.7. The number of aliphatic carboxylic acids is 1. The van der Waals surface area contributed by atoms with E-state index < -0.39 is 12.0 Å². The second-order valence-electron chi connectivity index (χ2n) is 6.54. The van der Waals surface area contributed by atoms with E-state index in [1.54, 1.807) is 0 Å². The van der Waals surface area contributed by atoms with Gasteiger partial charge >= 0.3 is 5.97 Å². The monoisotopic (exact) mass is 350 g/mol. The Kier molecular flexibility index (Phi) is 15.2. The lowest BCUT2D eigenvalue weighted by atomic mass is 10.1. The molecule has 0 saturated carbocycles. The maximum Gasteiger partial charge on any atom is 0.320 e. The van der Waals surface area contributed by atoms with Crippen LogP contribution in [0, 0.1) is 0 Å². The molecule has 1 atom stereocenters. The van der Waals surface area contributed by atoms with E-state index in [2.05, 4.69) is 25.7 Å². The van der Waals surface area contributed by atoms with E-state index >= 15 is 0 Å². The zero-order chi connectivity index (χ0) is 18.9. The number of hydrogen-bond acceptors (Lipinski definition) is 3. The molecule has 1 rings (SSSR count). The van der Waals surface area contributed by atoms with Crippen molar-refractivity contribution in [2.75, 3.05) is 19.6 Å². The van der Waals surface area contributed by atoms with Crippen LogP contribution in [0.1, 0.15) is 64.9 Å². The molecule has 0 aromatic heterocycles. The predicted molar refractivity (Wildman–Crippen MR) is 107 cm³/mol. The first-order valence-corrected chi connectivity index (χ1v) is 9.79. The molecular weight excluding hydrogens is 312 g/mol. The fourth-order valence-corrected chi connectivity index (χ4v) is 2.44. The molecule has 3 N–H and O–H groups in total. The zero-order valence-electron chi connectivity index (χ0n) is 16.4. The van der Waals surface area contributed by atoms with Gasteiger partial charge in [0.15, 0.2) is 0 Å². The molecule has 0 spiro atoms. The Balaban J connectivity index is 0.000000462. The predicted octanol–water partition coefficient (Wildman–Crippen LogP) is 4.33. The first-order chi connectivity index (χ1) is 12.0. The fraction of sp³-hybridized carbons (Fsp3) is 0.667. The van der Waals surface area contributed by atoms with Gasteiger partial charge in [-0.05, 0) is 50.9 Å². The summed E-state index contributed by atoms with van der Waals surface area (Å²) < 4.78 is 0. The van der Waals surface area contributed by atoms with Gasteiger partial charge in [-0.25, -0.2) is 0 Å². The van der Waals surface area contributed by atoms with Crippen molar-refractivity contribution < 1.29 is 9.90 Å². The van der Waals surface area contributed by atoms with Gasteiger partial charge in [-0.15, -0.1) is 0 Å². The Hall–Kier alpha value is -1.39. The maximum atomic E-state index is 10.4. The van der Waals surface area contributed by atoms with Crippen molar-refractivity contribution in [2.45, 2.75) is 71.8 Å². The van der Waals surface area contributed by atoms with Crippen LogP contribution in [0.5, 0.6) is 0 Å². The molecule has 25 heavy (non-hydrogen) atoms. The van der Waals surface area contributed by atoms with Crippen LogP contribution in [0.25, 0.3) is 0 Å². The van der Waals surface area contributed by atoms with E-state index in [9.17, 15) is 4.79 Å². The van der Waals surface area contributed by atoms with E-state index in [0.29, 0.717) is 6.42 Å². The van der Waals surface area contributed by atoms with Crippen molar-refractivity contribution in [3.8, 4) is 0 Å². The third kappa shape index (κ3) is 13.6. The van der Waals surface area contributed by atoms with Crippen molar-refractivity contribution in [1.82, 2.24) is 4.90 Å². The Morgan fingerprint density at radius 3 is 1.76 bits per heavy atom. The van der Waals surface area contributed by atoms with Crippen molar-refractivity contribution in [1.29, 1.82) is 0 Å². The molecular formula is C21H38N2O2. The van der Waals surface area contributed by atoms with Gasteiger partial charge in [0.1, 0.15) is 6.04 Å². The highest BCUT2D eigenvalue weighted by Gasteiger charge is 2.10. The van der Waals surface area contributed by atoms with Gasteiger partial charge in [0, 0.05) is 0 Å². The van der Waals surface area contributed by atoms with Crippen LogP contribution in [0.15, 0.2) is 30.3 Å². The van der Waals surface area contributed by atoms with E-state index in [1.165, 1.54) is 58.2 Å². The Bertz CT molecular complexity index is 404. The van der Waals surface area contributed by atoms with Crippen LogP contribution < -0.4 is 5.73 Å². The Labute approximate surface area is 154 Å². The average Bonchev–Trinajstić information content (AvgIpc) is 2.62. The highest BCUT2D eigenvalue weighted by Crippen LogP contribution is 2.02. The van der Waals surface area contributed by atoms with Gasteiger partial charge in [-0.3, -0.25) is 4.79 Å². The molecule has 4 heteroatoms. The molecule has 0 aliphatic rings. The summed E-state index contributed by atoms with van der Waals surface area (Å²) in [4.78, 5) is 13.0. The lowest BCUT2D eigenvalue weighted by Crippen LogP contribution is -2.32. The van der Waals surface area contributed by atoms with E-state index in [4.69, 9.17) is 10.8 Å². The molecule has 0 saturated heterocycles. The summed E-state index contributed by atoms with van der Waals surface area (Å²) in [6, 6.07) is 8.54. The third-order valence-corrected chi connectivity index (χ3v) is 4.10. The molecule has 1 aromatic rings. The van der Waals surface area contributed by atoms with Gasteiger partial charge in [-0.1, -0.05) is 70.4 Å². The summed E-state index contributed by atoms with van der Waals surface area (Å²) in [7, 11) is 0. The smallest absolute Gasteiger partial charge is 0.320 e. The Morgan fingerprint density at radius 1 is 0.960 bits per heavy atom. The number of benzene rings is 1. The number of carboxylic acid groups (broad SMARTS) is 1. The van der Waals surface area contributed by atoms with Crippen LogP contribution in [-0.4, -0.2) is 41.7 Å². The van der Waals surface area contributed by atoms with Gasteiger partial charge in [0.25, 0.3) is 0 Å². The zero-order valence-corrected chi connectivity index (χ0v) is 16.4. The molecule has 0 amide bonds. The number of nitrogens with zero attached hydrogens (tertiary/aromatic N) is 1. The van der Waals surface area contributed by atoms with Crippen LogP contribution >= 0.6 is 0 Å². The lowest BCUT2D eigenvalue weighted by Gasteiger charge is -2.21. The van der Waals surface area contributed by atoms with Gasteiger partial charge < -0.3 is 15.7 Å². The van der Waals surface area contributed by atoms with Gasteiger partial charge in [-0.2, -0.15) is 0 Å². The molecule has 0 aliphatic heterocycles. The standard InChI is InChI=1S/C12H27N.C9H11NO2/c1-4-7-10-13(11-8-5-2)12-9-6-3;10-8(9(11)12)6-7-4-2-1-3-5-7/h4-12H2,1-3H3;1-5,8H,6,10H2,(H,11,12). The second-order valence-corrected chi connectivity index (χ2v) is 6.54. The third-order valence-electron chi connectivity index (χ3n) is 4.10. The average molecular weight is 351 g/mol. The maximum absolute atomic E-state index is 10.4. The summed E-state index contributed by atoms with van der Waals surface area (Å²) in [5.41, 5.74) is 6.30. The minimum atomic E-state index is -0.959. The summed E-state index contributed by atoms with van der Waals surface area (Å²) in [6.07, 6.45) is 8.47. The molecule has 0 heterocycles. The summed E-state index contributed by atoms with van der Waals surface area (Å²) in [6.45, 7) is 10.8. The number of unbranched alkanes of at least 4 members (excludes halogenated alkanes) is 3. The van der Waals surface area contributed by atoms with E-state index in [0.717, 1.165) is 5.56 Å².